The van der Waals surface area contributed by atoms with E-state index < -0.39 is 0 Å². The first-order chi connectivity index (χ1) is 5.31. The van der Waals surface area contributed by atoms with E-state index >= 15 is 0 Å². The third-order valence-electron chi connectivity index (χ3n) is 2.36. The summed E-state index contributed by atoms with van der Waals surface area (Å²) >= 11 is 8.23. The fourth-order valence-electron chi connectivity index (χ4n) is 1.72. The van der Waals surface area contributed by atoms with Crippen LogP contribution in [0.2, 0.25) is 0 Å². The van der Waals surface area contributed by atoms with Crippen LogP contribution in [-0.4, -0.2) is 0 Å². The van der Waals surface area contributed by atoms with E-state index in [1.165, 1.54) is 17.7 Å². The van der Waals surface area contributed by atoms with Gasteiger partial charge in [-0.25, -0.2) is 0 Å². The van der Waals surface area contributed by atoms with Crippen LogP contribution in [0.3, 0.4) is 0 Å². The van der Waals surface area contributed by atoms with Crippen LogP contribution < -0.4 is 0 Å². The summed E-state index contributed by atoms with van der Waals surface area (Å²) < 4.78 is 0. The first-order valence-corrected chi connectivity index (χ1v) is 5.30. The highest BCUT2D eigenvalue weighted by Gasteiger charge is 2.33. The van der Waals surface area contributed by atoms with Gasteiger partial charge in [0.05, 0.1) is 4.87 Å². The van der Waals surface area contributed by atoms with Crippen molar-refractivity contribution in [1.82, 2.24) is 0 Å². The zero-order chi connectivity index (χ0) is 7.73. The molecule has 0 aliphatic heterocycles. The predicted molar refractivity (Wildman–Crippen MR) is 50.3 cm³/mol. The van der Waals surface area contributed by atoms with Crippen LogP contribution in [0, 0.1) is 0 Å². The first-order valence-electron chi connectivity index (χ1n) is 4.04. The Kier molecular flexibility index (Phi) is 1.94. The normalized spacial score (nSPS) is 22.3. The fraction of sp³-hybridized carbons (Fsp3) is 0.556. The topological polar surface area (TPSA) is 0 Å². The molecule has 0 unspecified atom stereocenters. The summed E-state index contributed by atoms with van der Waals surface area (Å²) in [5, 5.41) is 2.11. The Morgan fingerprint density at radius 3 is 2.64 bits per heavy atom. The van der Waals surface area contributed by atoms with E-state index in [1.54, 1.807) is 11.3 Å². The number of hydrogen-bond acceptors (Lipinski definition) is 1. The Morgan fingerprint density at radius 1 is 1.36 bits per heavy atom. The van der Waals surface area contributed by atoms with Crippen molar-refractivity contribution in [3.63, 3.8) is 0 Å². The molecule has 2 heteroatoms. The van der Waals surface area contributed by atoms with Gasteiger partial charge in [-0.3, -0.25) is 0 Å². The summed E-state index contributed by atoms with van der Waals surface area (Å²) in [5.74, 6) is 0. The monoisotopic (exact) mass is 186 g/mol. The highest BCUT2D eigenvalue weighted by atomic mass is 35.5. The molecule has 11 heavy (non-hydrogen) atoms. The highest BCUT2D eigenvalue weighted by molar-refractivity contribution is 7.10. The van der Waals surface area contributed by atoms with Crippen molar-refractivity contribution in [3.8, 4) is 0 Å². The minimum absolute atomic E-state index is 0.00810. The molecule has 0 aromatic carbocycles. The molecule has 0 amide bonds. The second-order valence-electron chi connectivity index (χ2n) is 3.15. The van der Waals surface area contributed by atoms with Crippen LogP contribution in [0.1, 0.15) is 30.6 Å². The Bertz CT molecular complexity index is 222. The minimum Gasteiger partial charge on any atom is -0.147 e. The molecule has 0 N–H and O–H groups in total. The van der Waals surface area contributed by atoms with E-state index in [2.05, 4.69) is 17.5 Å². The summed E-state index contributed by atoms with van der Waals surface area (Å²) in [6.07, 6.45) is 4.91. The largest absolute Gasteiger partial charge is 0.147 e. The van der Waals surface area contributed by atoms with Crippen molar-refractivity contribution in [3.05, 3.63) is 22.4 Å². The highest BCUT2D eigenvalue weighted by Crippen LogP contribution is 2.46. The number of thiophene rings is 1. The molecule has 60 valence electrons. The van der Waals surface area contributed by atoms with Crippen LogP contribution in [0.15, 0.2) is 17.5 Å². The van der Waals surface area contributed by atoms with Crippen molar-refractivity contribution < 1.29 is 0 Å². The quantitative estimate of drug-likeness (QED) is 0.586. The van der Waals surface area contributed by atoms with Crippen molar-refractivity contribution in [2.45, 2.75) is 30.6 Å². The van der Waals surface area contributed by atoms with Gasteiger partial charge in [-0.2, -0.15) is 0 Å². The summed E-state index contributed by atoms with van der Waals surface area (Å²) in [4.78, 5) is 1.37. The molecule has 0 atom stereocenters. The summed E-state index contributed by atoms with van der Waals surface area (Å²) in [7, 11) is 0. The van der Waals surface area contributed by atoms with Gasteiger partial charge in [0.25, 0.3) is 0 Å². The molecular formula is C9H11ClS. The lowest BCUT2D eigenvalue weighted by Gasteiger charge is -2.17. The molecular weight excluding hydrogens is 176 g/mol. The van der Waals surface area contributed by atoms with Crippen LogP contribution in [0.5, 0.6) is 0 Å². The van der Waals surface area contributed by atoms with Crippen LogP contribution in [0.4, 0.5) is 0 Å². The maximum atomic E-state index is 6.45. The second kappa shape index (κ2) is 2.80. The van der Waals surface area contributed by atoms with Gasteiger partial charge in [-0.05, 0) is 24.3 Å². The van der Waals surface area contributed by atoms with E-state index in [0.29, 0.717) is 0 Å². The lowest BCUT2D eigenvalue weighted by molar-refractivity contribution is 0.651. The van der Waals surface area contributed by atoms with Crippen molar-refractivity contribution in [2.24, 2.45) is 0 Å². The SMILES string of the molecule is ClC1(c2cccs2)CCCC1. The lowest BCUT2D eigenvalue weighted by atomic mass is 10.1. The van der Waals surface area contributed by atoms with Gasteiger partial charge in [0.15, 0.2) is 0 Å². The molecule has 1 aliphatic rings. The van der Waals surface area contributed by atoms with Gasteiger partial charge in [0.1, 0.15) is 0 Å². The molecule has 1 fully saturated rings. The Balaban J connectivity index is 2.27. The van der Waals surface area contributed by atoms with Gasteiger partial charge >= 0.3 is 0 Å². The van der Waals surface area contributed by atoms with Crippen LogP contribution >= 0.6 is 22.9 Å². The minimum atomic E-state index is 0.00810. The van der Waals surface area contributed by atoms with E-state index in [-0.39, 0.29) is 4.87 Å². The second-order valence-corrected chi connectivity index (χ2v) is 4.82. The van der Waals surface area contributed by atoms with Gasteiger partial charge in [0.2, 0.25) is 0 Å². The summed E-state index contributed by atoms with van der Waals surface area (Å²) in [6, 6.07) is 4.24. The van der Waals surface area contributed by atoms with Crippen molar-refractivity contribution in [2.75, 3.05) is 0 Å². The maximum absolute atomic E-state index is 6.45. The zero-order valence-corrected chi connectivity index (χ0v) is 7.92. The number of halogens is 1. The number of hydrogen-bond donors (Lipinski definition) is 0. The van der Waals surface area contributed by atoms with Crippen LogP contribution in [0.25, 0.3) is 0 Å². The van der Waals surface area contributed by atoms with Gasteiger partial charge in [0, 0.05) is 4.88 Å². The molecule has 0 radical (unpaired) electrons. The molecule has 0 bridgehead atoms. The number of rotatable bonds is 1. The standard InChI is InChI=1S/C9H11ClS/c10-9(5-1-2-6-9)8-4-3-7-11-8/h3-4,7H,1-2,5-6H2. The number of alkyl halides is 1. The lowest BCUT2D eigenvalue weighted by Crippen LogP contribution is -2.10. The third kappa shape index (κ3) is 1.32. The average Bonchev–Trinajstić information content (AvgIpc) is 2.55. The molecule has 0 spiro atoms. The van der Waals surface area contributed by atoms with Gasteiger partial charge < -0.3 is 0 Å². The smallest absolute Gasteiger partial charge is 0.0787 e. The molecule has 0 nitrogen and oxygen atoms in total. The van der Waals surface area contributed by atoms with E-state index in [9.17, 15) is 0 Å². The van der Waals surface area contributed by atoms with Gasteiger partial charge in [-0.1, -0.05) is 18.9 Å². The molecule has 1 saturated carbocycles. The van der Waals surface area contributed by atoms with Crippen molar-refractivity contribution >= 4 is 22.9 Å². The molecule has 2 rings (SSSR count). The summed E-state index contributed by atoms with van der Waals surface area (Å²) in [5.41, 5.74) is 0. The molecule has 1 aromatic heterocycles. The molecule has 1 heterocycles. The predicted octanol–water partition coefficient (Wildman–Crippen LogP) is 3.76. The van der Waals surface area contributed by atoms with Crippen LogP contribution in [-0.2, 0) is 4.87 Å². The average molecular weight is 187 g/mol. The Morgan fingerprint density at radius 2 is 2.09 bits per heavy atom. The molecule has 1 aliphatic carbocycles. The Labute approximate surface area is 76.2 Å². The molecule has 1 aromatic rings. The van der Waals surface area contributed by atoms with Crippen molar-refractivity contribution in [1.29, 1.82) is 0 Å². The van der Waals surface area contributed by atoms with Gasteiger partial charge in [-0.15, -0.1) is 22.9 Å². The van der Waals surface area contributed by atoms with E-state index in [4.69, 9.17) is 11.6 Å². The summed E-state index contributed by atoms with van der Waals surface area (Å²) in [6.45, 7) is 0. The van der Waals surface area contributed by atoms with E-state index in [0.717, 1.165) is 12.8 Å². The first kappa shape index (κ1) is 7.63. The Hall–Kier alpha value is -0.0100. The maximum Gasteiger partial charge on any atom is 0.0787 e. The fourth-order valence-corrected chi connectivity index (χ4v) is 3.06. The van der Waals surface area contributed by atoms with E-state index in [1.807, 2.05) is 0 Å². The zero-order valence-electron chi connectivity index (χ0n) is 6.35. The third-order valence-corrected chi connectivity index (χ3v) is 4.13. The molecule has 0 saturated heterocycles.